The third kappa shape index (κ3) is 6.16. The highest BCUT2D eigenvalue weighted by Gasteiger charge is 2.29. The number of benzene rings is 2. The lowest BCUT2D eigenvalue weighted by Crippen LogP contribution is -2.42. The molecular weight excluding hydrogens is 408 g/mol. The number of amides is 1. The molecule has 2 saturated heterocycles. The van der Waals surface area contributed by atoms with Gasteiger partial charge < -0.3 is 9.80 Å². The minimum atomic E-state index is 0. The number of rotatable bonds is 5. The highest BCUT2D eigenvalue weighted by molar-refractivity contribution is 6.15. The molecule has 0 N–H and O–H groups in total. The van der Waals surface area contributed by atoms with Gasteiger partial charge in [-0.1, -0.05) is 60.7 Å². The van der Waals surface area contributed by atoms with Crippen LogP contribution < -0.4 is 0 Å². The molecule has 0 unspecified atom stereocenters. The van der Waals surface area contributed by atoms with E-state index in [1.54, 1.807) is 0 Å². The van der Waals surface area contributed by atoms with Crippen LogP contribution in [0.2, 0.25) is 0 Å². The first kappa shape index (κ1) is 23.0. The van der Waals surface area contributed by atoms with E-state index in [0.717, 1.165) is 30.8 Å². The van der Waals surface area contributed by atoms with Gasteiger partial charge >= 0.3 is 0 Å². The van der Waals surface area contributed by atoms with Crippen molar-refractivity contribution in [2.75, 3.05) is 32.7 Å². The fraction of sp³-hybridized carbons (Fsp3) is 0.308. The largest absolute Gasteiger partial charge is 0.334 e. The van der Waals surface area contributed by atoms with Crippen molar-refractivity contribution in [3.05, 3.63) is 82.9 Å². The molecule has 0 spiro atoms. The molecular formula is C26H29ClN2O2. The summed E-state index contributed by atoms with van der Waals surface area (Å²) < 4.78 is 0. The second kappa shape index (κ2) is 11.1. The minimum Gasteiger partial charge on any atom is -0.334 e. The van der Waals surface area contributed by atoms with E-state index in [1.165, 1.54) is 12.8 Å². The van der Waals surface area contributed by atoms with E-state index in [2.05, 4.69) is 4.90 Å². The maximum Gasteiger partial charge on any atom is 0.224 e. The fourth-order valence-corrected chi connectivity index (χ4v) is 4.13. The van der Waals surface area contributed by atoms with Crippen LogP contribution in [0.15, 0.2) is 71.8 Å². The summed E-state index contributed by atoms with van der Waals surface area (Å²) in [6, 6.07) is 19.7. The Bertz CT molecular complexity index is 886. The van der Waals surface area contributed by atoms with E-state index in [9.17, 15) is 9.59 Å². The number of Topliss-reactive ketones (excluding diaryl/α,β-unsaturated/α-hetero) is 1. The van der Waals surface area contributed by atoms with Crippen LogP contribution in [-0.2, 0) is 9.59 Å². The van der Waals surface area contributed by atoms with Gasteiger partial charge in [-0.3, -0.25) is 9.59 Å². The molecule has 2 aromatic rings. The Morgan fingerprint density at radius 1 is 0.806 bits per heavy atom. The number of carbonyl (C=O) groups is 2. The molecule has 2 aliphatic rings. The van der Waals surface area contributed by atoms with E-state index in [4.69, 9.17) is 0 Å². The number of ketones is 1. The zero-order chi connectivity index (χ0) is 20.8. The summed E-state index contributed by atoms with van der Waals surface area (Å²) in [7, 11) is 0. The molecule has 0 aliphatic carbocycles. The molecule has 4 nitrogen and oxygen atoms in total. The summed E-state index contributed by atoms with van der Waals surface area (Å²) >= 11 is 0. The number of carbonyl (C=O) groups excluding carboxylic acids is 2. The first-order valence-corrected chi connectivity index (χ1v) is 10.7. The van der Waals surface area contributed by atoms with Gasteiger partial charge in [0.15, 0.2) is 5.78 Å². The number of nitrogens with zero attached hydrogens (tertiary/aromatic N) is 2. The molecule has 2 aliphatic heterocycles. The van der Waals surface area contributed by atoms with Crippen LogP contribution in [0.1, 0.15) is 30.4 Å². The quantitative estimate of drug-likeness (QED) is 0.649. The molecule has 31 heavy (non-hydrogen) atoms. The maximum absolute atomic E-state index is 13.2. The van der Waals surface area contributed by atoms with Gasteiger partial charge in [0.25, 0.3) is 0 Å². The van der Waals surface area contributed by atoms with Crippen molar-refractivity contribution in [3.63, 3.8) is 0 Å². The van der Waals surface area contributed by atoms with Gasteiger partial charge in [0, 0.05) is 37.2 Å². The lowest BCUT2D eigenvalue weighted by molar-refractivity contribution is -0.131. The predicted molar refractivity (Wildman–Crippen MR) is 128 cm³/mol. The average molecular weight is 437 g/mol. The van der Waals surface area contributed by atoms with E-state index in [0.29, 0.717) is 30.7 Å². The van der Waals surface area contributed by atoms with Crippen LogP contribution >= 0.6 is 12.4 Å². The molecule has 162 valence electrons. The fourth-order valence-electron chi connectivity index (χ4n) is 4.13. The number of hydrogen-bond donors (Lipinski definition) is 0. The molecule has 0 bridgehead atoms. The molecule has 0 atom stereocenters. The number of piperidine rings is 1. The standard InChI is InChI=1S/C26H28N2O2.ClH/c29-25(13-16-27-14-7-8-15-27)28-19-23(17-21-9-3-1-4-10-21)26(30)24(20-28)18-22-11-5-2-6-12-22;/h1-6,9-12,17-18H,7-8,13-16,19-20H2;1H/b23-17-,24-18+;. The highest BCUT2D eigenvalue weighted by Crippen LogP contribution is 2.23. The monoisotopic (exact) mass is 436 g/mol. The van der Waals surface area contributed by atoms with Crippen molar-refractivity contribution < 1.29 is 9.59 Å². The Morgan fingerprint density at radius 2 is 1.29 bits per heavy atom. The topological polar surface area (TPSA) is 40.6 Å². The van der Waals surface area contributed by atoms with E-state index < -0.39 is 0 Å². The van der Waals surface area contributed by atoms with Crippen LogP contribution in [0, 0.1) is 0 Å². The van der Waals surface area contributed by atoms with Crippen LogP contribution in [0.25, 0.3) is 12.2 Å². The zero-order valence-electron chi connectivity index (χ0n) is 17.7. The first-order chi connectivity index (χ1) is 14.7. The van der Waals surface area contributed by atoms with E-state index in [1.807, 2.05) is 77.7 Å². The van der Waals surface area contributed by atoms with E-state index >= 15 is 0 Å². The molecule has 4 rings (SSSR count). The smallest absolute Gasteiger partial charge is 0.224 e. The molecule has 2 aromatic carbocycles. The molecule has 1 amide bonds. The Hall–Kier alpha value is -2.69. The lowest BCUT2D eigenvalue weighted by Gasteiger charge is -2.30. The molecule has 2 fully saturated rings. The zero-order valence-corrected chi connectivity index (χ0v) is 18.5. The van der Waals surface area contributed by atoms with Gasteiger partial charge in [-0.05, 0) is 49.2 Å². The lowest BCUT2D eigenvalue weighted by atomic mass is 9.94. The SMILES string of the molecule is Cl.O=C1/C(=C\c2ccccc2)CN(C(=O)CCN2CCCC2)C/C1=C\c1ccccc1. The second-order valence-electron chi connectivity index (χ2n) is 8.04. The second-order valence-corrected chi connectivity index (χ2v) is 8.04. The third-order valence-electron chi connectivity index (χ3n) is 5.78. The van der Waals surface area contributed by atoms with Crippen LogP contribution in [0.4, 0.5) is 0 Å². The van der Waals surface area contributed by atoms with Crippen molar-refractivity contribution in [3.8, 4) is 0 Å². The summed E-state index contributed by atoms with van der Waals surface area (Å²) in [5.74, 6) is 0.152. The first-order valence-electron chi connectivity index (χ1n) is 10.7. The van der Waals surface area contributed by atoms with Gasteiger partial charge in [0.05, 0.1) is 0 Å². The summed E-state index contributed by atoms with van der Waals surface area (Å²) in [5, 5.41) is 0. The highest BCUT2D eigenvalue weighted by atomic mass is 35.5. The molecule has 0 saturated carbocycles. The van der Waals surface area contributed by atoms with Gasteiger partial charge in [0.1, 0.15) is 0 Å². The average Bonchev–Trinajstić information content (AvgIpc) is 3.30. The maximum atomic E-state index is 13.2. The summed E-state index contributed by atoms with van der Waals surface area (Å²) in [5.41, 5.74) is 3.30. The Labute approximate surface area is 190 Å². The predicted octanol–water partition coefficient (Wildman–Crippen LogP) is 4.47. The molecule has 0 aromatic heterocycles. The normalized spacial score (nSPS) is 19.6. The van der Waals surface area contributed by atoms with Crippen molar-refractivity contribution in [2.45, 2.75) is 19.3 Å². The van der Waals surface area contributed by atoms with Gasteiger partial charge in [-0.15, -0.1) is 12.4 Å². The summed E-state index contributed by atoms with van der Waals surface area (Å²) in [6.45, 7) is 3.73. The molecule has 0 radical (unpaired) electrons. The van der Waals surface area contributed by atoms with Crippen LogP contribution in [-0.4, -0.2) is 54.2 Å². The Kier molecular flexibility index (Phi) is 8.21. The minimum absolute atomic E-state index is 0. The molecule has 5 heteroatoms. The van der Waals surface area contributed by atoms with Crippen molar-refractivity contribution in [2.24, 2.45) is 0 Å². The van der Waals surface area contributed by atoms with Gasteiger partial charge in [-0.2, -0.15) is 0 Å². The third-order valence-corrected chi connectivity index (χ3v) is 5.78. The number of hydrogen-bond acceptors (Lipinski definition) is 3. The Balaban J connectivity index is 0.00000272. The summed E-state index contributed by atoms with van der Waals surface area (Å²) in [4.78, 5) is 30.4. The van der Waals surface area contributed by atoms with Crippen molar-refractivity contribution in [1.29, 1.82) is 0 Å². The van der Waals surface area contributed by atoms with Crippen LogP contribution in [0.3, 0.4) is 0 Å². The molecule has 2 heterocycles. The van der Waals surface area contributed by atoms with E-state index in [-0.39, 0.29) is 24.1 Å². The number of likely N-dealkylation sites (tertiary alicyclic amines) is 2. The van der Waals surface area contributed by atoms with Gasteiger partial charge in [-0.25, -0.2) is 0 Å². The van der Waals surface area contributed by atoms with Gasteiger partial charge in [0.2, 0.25) is 5.91 Å². The van der Waals surface area contributed by atoms with Crippen molar-refractivity contribution in [1.82, 2.24) is 9.80 Å². The summed E-state index contributed by atoms with van der Waals surface area (Å²) in [6.07, 6.45) is 6.79. The number of halogens is 1. The van der Waals surface area contributed by atoms with Crippen molar-refractivity contribution >= 4 is 36.2 Å². The van der Waals surface area contributed by atoms with Crippen LogP contribution in [0.5, 0.6) is 0 Å². The Morgan fingerprint density at radius 3 is 1.77 bits per heavy atom.